The van der Waals surface area contributed by atoms with Gasteiger partial charge in [0.05, 0.1) is 12.6 Å². The van der Waals surface area contributed by atoms with Crippen LogP contribution in [0.4, 0.5) is 5.69 Å². The zero-order chi connectivity index (χ0) is 16.2. The molecule has 1 aliphatic heterocycles. The van der Waals surface area contributed by atoms with Crippen molar-refractivity contribution in [2.24, 2.45) is 4.99 Å². The van der Waals surface area contributed by atoms with Gasteiger partial charge in [0, 0.05) is 23.5 Å². The molecule has 0 spiro atoms. The van der Waals surface area contributed by atoms with Crippen LogP contribution in [0.15, 0.2) is 41.4 Å². The molecule has 0 radical (unpaired) electrons. The van der Waals surface area contributed by atoms with Crippen LogP contribution in [0.3, 0.4) is 0 Å². The van der Waals surface area contributed by atoms with Gasteiger partial charge in [-0.25, -0.2) is 0 Å². The second-order valence-corrected chi connectivity index (χ2v) is 7.53. The highest BCUT2D eigenvalue weighted by Gasteiger charge is 2.17. The van der Waals surface area contributed by atoms with Crippen LogP contribution < -0.4 is 15.4 Å². The lowest BCUT2D eigenvalue weighted by molar-refractivity contribution is 0.217. The summed E-state index contributed by atoms with van der Waals surface area (Å²) in [7, 11) is 0. The van der Waals surface area contributed by atoms with Crippen LogP contribution in [-0.4, -0.2) is 25.2 Å². The number of hydrogen-bond donors (Lipinski definition) is 2. The minimum Gasteiger partial charge on any atom is -0.481 e. The number of anilines is 1. The average Bonchev–Trinajstić information content (AvgIpc) is 3.34. The van der Waals surface area contributed by atoms with Gasteiger partial charge in [-0.3, -0.25) is 4.99 Å². The lowest BCUT2D eigenvalue weighted by atomic mass is 10.1. The topological polar surface area (TPSA) is 45.7 Å². The summed E-state index contributed by atoms with van der Waals surface area (Å²) in [5.74, 6) is 0.870. The van der Waals surface area contributed by atoms with Crippen LogP contribution in [0.2, 0.25) is 0 Å². The normalized spacial score (nSPS) is 17.6. The van der Waals surface area contributed by atoms with Crippen LogP contribution >= 0.6 is 11.3 Å². The van der Waals surface area contributed by atoms with Crippen LogP contribution in [0.5, 0.6) is 5.06 Å². The molecule has 4 nitrogen and oxygen atoms in total. The fourth-order valence-electron chi connectivity index (χ4n) is 3.21. The largest absolute Gasteiger partial charge is 0.481 e. The van der Waals surface area contributed by atoms with Crippen molar-refractivity contribution in [1.82, 2.24) is 5.32 Å². The van der Waals surface area contributed by atoms with Crippen LogP contribution in [0.25, 0.3) is 0 Å². The van der Waals surface area contributed by atoms with E-state index in [0.717, 1.165) is 36.2 Å². The SMILES string of the molecule is c1cc(NC2=NCCN2)ccc1Cc1ccc(OC2CCCC2)s1. The average molecular weight is 341 g/mol. The Morgan fingerprint density at radius 3 is 2.71 bits per heavy atom. The maximum Gasteiger partial charge on any atom is 0.195 e. The summed E-state index contributed by atoms with van der Waals surface area (Å²) in [4.78, 5) is 5.70. The molecule has 4 rings (SSSR count). The van der Waals surface area contributed by atoms with Gasteiger partial charge in [0.2, 0.25) is 0 Å². The van der Waals surface area contributed by atoms with Gasteiger partial charge in [-0.1, -0.05) is 12.1 Å². The molecule has 0 bridgehead atoms. The smallest absolute Gasteiger partial charge is 0.195 e. The first kappa shape index (κ1) is 15.5. The first-order valence-electron chi connectivity index (χ1n) is 8.75. The number of guanidine groups is 1. The zero-order valence-electron chi connectivity index (χ0n) is 13.8. The van der Waals surface area contributed by atoms with E-state index in [0.29, 0.717) is 6.10 Å². The fourth-order valence-corrected chi connectivity index (χ4v) is 4.17. The highest BCUT2D eigenvalue weighted by molar-refractivity contribution is 7.13. The maximum absolute atomic E-state index is 6.08. The molecule has 2 N–H and O–H groups in total. The first-order valence-corrected chi connectivity index (χ1v) is 9.56. The molecule has 5 heteroatoms. The lowest BCUT2D eigenvalue weighted by Crippen LogP contribution is -2.26. The Kier molecular flexibility index (Phi) is 4.69. The van der Waals surface area contributed by atoms with E-state index >= 15 is 0 Å². The van der Waals surface area contributed by atoms with Gasteiger partial charge >= 0.3 is 0 Å². The van der Waals surface area contributed by atoms with E-state index in [-0.39, 0.29) is 0 Å². The van der Waals surface area contributed by atoms with E-state index in [9.17, 15) is 0 Å². The Bertz CT molecular complexity index is 702. The second-order valence-electron chi connectivity index (χ2n) is 6.40. The number of aliphatic imine (C=N–C) groups is 1. The summed E-state index contributed by atoms with van der Waals surface area (Å²) in [6.07, 6.45) is 6.44. The number of ether oxygens (including phenoxy) is 1. The van der Waals surface area contributed by atoms with Gasteiger partial charge in [0.15, 0.2) is 11.0 Å². The Morgan fingerprint density at radius 1 is 1.12 bits per heavy atom. The molecule has 2 aliphatic rings. The quantitative estimate of drug-likeness (QED) is 0.863. The highest BCUT2D eigenvalue weighted by atomic mass is 32.1. The summed E-state index contributed by atoms with van der Waals surface area (Å²) in [5, 5.41) is 7.59. The van der Waals surface area contributed by atoms with Gasteiger partial charge in [-0.05, 0) is 55.5 Å². The van der Waals surface area contributed by atoms with Crippen molar-refractivity contribution < 1.29 is 4.74 Å². The second kappa shape index (κ2) is 7.26. The number of nitrogens with one attached hydrogen (secondary N) is 2. The molecule has 0 unspecified atom stereocenters. The van der Waals surface area contributed by atoms with Crippen LogP contribution in [0, 0.1) is 0 Å². The molecular weight excluding hydrogens is 318 g/mol. The van der Waals surface area contributed by atoms with Crippen molar-refractivity contribution in [3.63, 3.8) is 0 Å². The Hall–Kier alpha value is -2.01. The molecule has 1 aromatic carbocycles. The highest BCUT2D eigenvalue weighted by Crippen LogP contribution is 2.31. The van der Waals surface area contributed by atoms with Gasteiger partial charge in [0.25, 0.3) is 0 Å². The van der Waals surface area contributed by atoms with Crippen molar-refractivity contribution in [3.8, 4) is 5.06 Å². The van der Waals surface area contributed by atoms with Gasteiger partial charge in [-0.15, -0.1) is 11.3 Å². The van der Waals surface area contributed by atoms with E-state index < -0.39 is 0 Å². The number of thiophene rings is 1. The van der Waals surface area contributed by atoms with Crippen LogP contribution in [-0.2, 0) is 6.42 Å². The molecule has 2 heterocycles. The predicted octanol–water partition coefficient (Wildman–Crippen LogP) is 4.03. The summed E-state index contributed by atoms with van der Waals surface area (Å²) in [6.45, 7) is 1.77. The summed E-state index contributed by atoms with van der Waals surface area (Å²) in [6, 6.07) is 12.9. The molecular formula is C19H23N3OS. The van der Waals surface area contributed by atoms with E-state index in [1.54, 1.807) is 11.3 Å². The monoisotopic (exact) mass is 341 g/mol. The molecule has 2 aromatic rings. The molecule has 0 atom stereocenters. The first-order chi connectivity index (χ1) is 11.8. The van der Waals surface area contributed by atoms with Gasteiger partial charge in [-0.2, -0.15) is 0 Å². The van der Waals surface area contributed by atoms with Crippen molar-refractivity contribution in [2.45, 2.75) is 38.2 Å². The molecule has 126 valence electrons. The van der Waals surface area contributed by atoms with Gasteiger partial charge < -0.3 is 15.4 Å². The summed E-state index contributed by atoms with van der Waals surface area (Å²) < 4.78 is 6.08. The van der Waals surface area contributed by atoms with Crippen molar-refractivity contribution in [1.29, 1.82) is 0 Å². The van der Waals surface area contributed by atoms with E-state index in [1.807, 2.05) is 0 Å². The van der Waals surface area contributed by atoms with E-state index in [1.165, 1.54) is 36.1 Å². The maximum atomic E-state index is 6.08. The molecule has 1 fully saturated rings. The Morgan fingerprint density at radius 2 is 1.96 bits per heavy atom. The number of benzene rings is 1. The van der Waals surface area contributed by atoms with Crippen molar-refractivity contribution in [2.75, 3.05) is 18.4 Å². The number of hydrogen-bond acceptors (Lipinski definition) is 5. The molecule has 24 heavy (non-hydrogen) atoms. The Labute approximate surface area is 147 Å². The predicted molar refractivity (Wildman–Crippen MR) is 100 cm³/mol. The molecule has 0 amide bonds. The van der Waals surface area contributed by atoms with Crippen molar-refractivity contribution in [3.05, 3.63) is 46.8 Å². The molecule has 1 aromatic heterocycles. The number of nitrogens with zero attached hydrogens (tertiary/aromatic N) is 1. The van der Waals surface area contributed by atoms with Crippen molar-refractivity contribution >= 4 is 23.0 Å². The zero-order valence-corrected chi connectivity index (χ0v) is 14.6. The molecule has 0 saturated heterocycles. The third-order valence-corrected chi connectivity index (χ3v) is 5.47. The van der Waals surface area contributed by atoms with Gasteiger partial charge in [0.1, 0.15) is 0 Å². The molecule has 1 saturated carbocycles. The summed E-state index contributed by atoms with van der Waals surface area (Å²) >= 11 is 1.78. The molecule has 1 aliphatic carbocycles. The summed E-state index contributed by atoms with van der Waals surface area (Å²) in [5.41, 5.74) is 2.39. The third kappa shape index (κ3) is 3.90. The van der Waals surface area contributed by atoms with E-state index in [4.69, 9.17) is 4.74 Å². The fraction of sp³-hybridized carbons (Fsp3) is 0.421. The standard InChI is InChI=1S/C19H23N3OS/c1-2-4-16(3-1)23-18-10-9-17(24-18)13-14-5-7-15(8-6-14)22-19-20-11-12-21-19/h5-10,16H,1-4,11-13H2,(H2,20,21,22). The Balaban J connectivity index is 1.33. The van der Waals surface area contributed by atoms with E-state index in [2.05, 4.69) is 52.0 Å². The lowest BCUT2D eigenvalue weighted by Gasteiger charge is -2.10. The third-order valence-electron chi connectivity index (χ3n) is 4.49. The minimum atomic E-state index is 0.439. The minimum absolute atomic E-state index is 0.439. The number of rotatable bonds is 5. The van der Waals surface area contributed by atoms with Crippen LogP contribution in [0.1, 0.15) is 36.1 Å².